The maximum atomic E-state index is 12.9. The summed E-state index contributed by atoms with van der Waals surface area (Å²) >= 11 is 7.31. The largest absolute Gasteiger partial charge is 0.496 e. The highest BCUT2D eigenvalue weighted by Crippen LogP contribution is 2.29. The molecule has 180 valence electrons. The molecule has 1 fully saturated rings. The van der Waals surface area contributed by atoms with Crippen molar-refractivity contribution < 1.29 is 24.1 Å². The number of halogens is 1. The van der Waals surface area contributed by atoms with Crippen molar-refractivity contribution in [2.75, 3.05) is 13.7 Å². The number of nitrogens with one attached hydrogen (secondary N) is 1. The lowest BCUT2D eigenvalue weighted by Gasteiger charge is -2.18. The smallest absolute Gasteiger partial charge is 0.263 e. The van der Waals surface area contributed by atoms with Gasteiger partial charge in [0, 0.05) is 29.3 Å². The van der Waals surface area contributed by atoms with Crippen LogP contribution in [0.1, 0.15) is 39.3 Å². The van der Waals surface area contributed by atoms with Gasteiger partial charge in [-0.15, -0.1) is 11.3 Å². The molecule has 34 heavy (non-hydrogen) atoms. The van der Waals surface area contributed by atoms with E-state index in [1.807, 2.05) is 37.3 Å². The van der Waals surface area contributed by atoms with E-state index in [-0.39, 0.29) is 25.2 Å². The monoisotopic (exact) mass is 502 g/mol. The van der Waals surface area contributed by atoms with Gasteiger partial charge in [0.1, 0.15) is 21.7 Å². The second kappa shape index (κ2) is 11.3. The predicted molar refractivity (Wildman–Crippen MR) is 131 cm³/mol. The molecule has 0 saturated carbocycles. The molecule has 1 aliphatic heterocycles. The average molecular weight is 503 g/mol. The third-order valence-electron chi connectivity index (χ3n) is 5.58. The molecule has 2 N–H and O–H groups in total. The van der Waals surface area contributed by atoms with Crippen molar-refractivity contribution in [2.45, 2.75) is 45.3 Å². The third-order valence-corrected chi connectivity index (χ3v) is 7.04. The molecule has 1 aliphatic rings. The first-order valence-electron chi connectivity index (χ1n) is 11.0. The van der Waals surface area contributed by atoms with Gasteiger partial charge in [0.05, 0.1) is 19.4 Å². The zero-order valence-corrected chi connectivity index (χ0v) is 20.6. The highest BCUT2D eigenvalue weighted by molar-refractivity contribution is 7.17. The summed E-state index contributed by atoms with van der Waals surface area (Å²) in [6.45, 7) is 2.97. The number of aryl methyl sites for hydroxylation is 1. The fraction of sp³-hybridized carbons (Fsp3) is 0.360. The van der Waals surface area contributed by atoms with Crippen molar-refractivity contribution in [1.82, 2.24) is 10.3 Å². The van der Waals surface area contributed by atoms with Gasteiger partial charge in [0.25, 0.3) is 5.91 Å². The van der Waals surface area contributed by atoms with Crippen LogP contribution in [-0.2, 0) is 22.6 Å². The van der Waals surface area contributed by atoms with E-state index < -0.39 is 6.29 Å². The number of hydrogen-bond acceptors (Lipinski definition) is 7. The van der Waals surface area contributed by atoms with Gasteiger partial charge in [-0.3, -0.25) is 4.79 Å². The number of thiazole rings is 1. The van der Waals surface area contributed by atoms with Crippen molar-refractivity contribution in [3.63, 3.8) is 0 Å². The Balaban J connectivity index is 1.40. The lowest BCUT2D eigenvalue weighted by atomic mass is 10.1. The number of hydrogen-bond donors (Lipinski definition) is 2. The molecule has 1 amide bonds. The number of ether oxygens (including phenoxy) is 3. The molecule has 1 aromatic heterocycles. The molecule has 7 nitrogen and oxygen atoms in total. The summed E-state index contributed by atoms with van der Waals surface area (Å²) in [7, 11) is 1.59. The molecular formula is C25H27ClN2O5S. The number of benzene rings is 2. The number of carbonyl (C=O) groups excluding carboxylic acids is 1. The topological polar surface area (TPSA) is 89.9 Å². The van der Waals surface area contributed by atoms with Gasteiger partial charge in [0.2, 0.25) is 0 Å². The Morgan fingerprint density at radius 1 is 1.32 bits per heavy atom. The van der Waals surface area contributed by atoms with Crippen LogP contribution in [0.2, 0.25) is 5.02 Å². The van der Waals surface area contributed by atoms with Crippen LogP contribution in [0.3, 0.4) is 0 Å². The van der Waals surface area contributed by atoms with Crippen LogP contribution in [0.5, 0.6) is 5.75 Å². The van der Waals surface area contributed by atoms with Crippen LogP contribution in [0, 0.1) is 6.92 Å². The Hall–Kier alpha value is -2.49. The predicted octanol–water partition coefficient (Wildman–Crippen LogP) is 4.72. The molecular weight excluding hydrogens is 476 g/mol. The van der Waals surface area contributed by atoms with E-state index in [9.17, 15) is 9.90 Å². The second-order valence-electron chi connectivity index (χ2n) is 8.02. The molecule has 0 aliphatic carbocycles. The molecule has 0 bridgehead atoms. The highest BCUT2D eigenvalue weighted by atomic mass is 35.5. The van der Waals surface area contributed by atoms with Crippen LogP contribution in [0.15, 0.2) is 42.5 Å². The Morgan fingerprint density at radius 2 is 2.12 bits per heavy atom. The van der Waals surface area contributed by atoms with Crippen molar-refractivity contribution >= 4 is 28.8 Å². The van der Waals surface area contributed by atoms with Crippen LogP contribution >= 0.6 is 22.9 Å². The zero-order valence-electron chi connectivity index (χ0n) is 19.0. The van der Waals surface area contributed by atoms with E-state index in [1.54, 1.807) is 19.2 Å². The quantitative estimate of drug-likeness (QED) is 0.411. The van der Waals surface area contributed by atoms with Crippen molar-refractivity contribution in [3.8, 4) is 16.3 Å². The molecule has 9 heteroatoms. The van der Waals surface area contributed by atoms with Crippen LogP contribution < -0.4 is 10.1 Å². The van der Waals surface area contributed by atoms with Gasteiger partial charge in [-0.1, -0.05) is 29.8 Å². The minimum Gasteiger partial charge on any atom is -0.496 e. The van der Waals surface area contributed by atoms with Gasteiger partial charge in [0.15, 0.2) is 6.29 Å². The van der Waals surface area contributed by atoms with Crippen molar-refractivity contribution in [2.24, 2.45) is 0 Å². The van der Waals surface area contributed by atoms with Gasteiger partial charge >= 0.3 is 0 Å². The van der Waals surface area contributed by atoms with E-state index in [1.165, 1.54) is 11.3 Å². The van der Waals surface area contributed by atoms with E-state index in [2.05, 4.69) is 10.3 Å². The molecule has 0 radical (unpaired) electrons. The number of carbonyl (C=O) groups is 1. The summed E-state index contributed by atoms with van der Waals surface area (Å²) in [5.74, 6) is 0.458. The minimum absolute atomic E-state index is 0.201. The minimum atomic E-state index is -0.961. The molecule has 3 aromatic rings. The lowest BCUT2D eigenvalue weighted by molar-refractivity contribution is -0.171. The normalized spacial score (nSPS) is 16.4. The van der Waals surface area contributed by atoms with Gasteiger partial charge in [-0.2, -0.15) is 0 Å². The Kier molecular flexibility index (Phi) is 8.18. The molecule has 0 spiro atoms. The first-order chi connectivity index (χ1) is 16.4. The zero-order chi connectivity index (χ0) is 24.1. The third kappa shape index (κ3) is 5.95. The molecule has 4 rings (SSSR count). The fourth-order valence-corrected chi connectivity index (χ4v) is 4.87. The van der Waals surface area contributed by atoms with E-state index >= 15 is 0 Å². The van der Waals surface area contributed by atoms with E-state index in [0.29, 0.717) is 28.0 Å². The van der Waals surface area contributed by atoms with Crippen LogP contribution in [0.4, 0.5) is 0 Å². The van der Waals surface area contributed by atoms with Gasteiger partial charge in [-0.25, -0.2) is 4.98 Å². The lowest BCUT2D eigenvalue weighted by Crippen LogP contribution is -2.27. The number of nitrogens with zero attached hydrogens (tertiary/aromatic N) is 1. The number of rotatable bonds is 9. The number of methoxy groups -OCH3 is 1. The number of aliphatic hydroxyl groups excluding tert-OH is 1. The first kappa shape index (κ1) is 24.6. The van der Waals surface area contributed by atoms with E-state index in [4.69, 9.17) is 25.8 Å². The highest BCUT2D eigenvalue weighted by Gasteiger charge is 2.24. The van der Waals surface area contributed by atoms with Crippen molar-refractivity contribution in [1.29, 1.82) is 0 Å². The molecule has 2 unspecified atom stereocenters. The Labute approximate surface area is 207 Å². The first-order valence-corrected chi connectivity index (χ1v) is 12.2. The molecule has 1 saturated heterocycles. The summed E-state index contributed by atoms with van der Waals surface area (Å²) in [6.07, 6.45) is 0.477. The van der Waals surface area contributed by atoms with Crippen LogP contribution in [0.25, 0.3) is 10.6 Å². The Morgan fingerprint density at radius 3 is 2.82 bits per heavy atom. The van der Waals surface area contributed by atoms with Gasteiger partial charge in [-0.05, 0) is 49.6 Å². The van der Waals surface area contributed by atoms with E-state index in [0.717, 1.165) is 34.5 Å². The summed E-state index contributed by atoms with van der Waals surface area (Å²) in [6, 6.07) is 13.0. The maximum absolute atomic E-state index is 12.9. The summed E-state index contributed by atoms with van der Waals surface area (Å²) in [5.41, 5.74) is 3.26. The molecule has 2 aromatic carbocycles. The number of amides is 1. The average Bonchev–Trinajstić information content (AvgIpc) is 3.52. The molecule has 2 atom stereocenters. The standard InChI is InChI=1S/C25H27ClN2O5S/c1-15-22(34-24(28-15)17-6-8-19(26)9-7-17)23(29)27-13-18-12-16(5-10-20(18)31-2)14-33-25(30)21-4-3-11-32-21/h5-10,12,21,25,30H,3-4,11,13-14H2,1-2H3,(H,27,29). The SMILES string of the molecule is COc1ccc(COC(O)C2CCCO2)cc1CNC(=O)c1sc(-c2ccc(Cl)cc2)nc1C. The second-order valence-corrected chi connectivity index (χ2v) is 9.46. The maximum Gasteiger partial charge on any atom is 0.263 e. The van der Waals surface area contributed by atoms with Crippen molar-refractivity contribution in [3.05, 3.63) is 69.2 Å². The van der Waals surface area contributed by atoms with Gasteiger partial charge < -0.3 is 24.6 Å². The fourth-order valence-electron chi connectivity index (χ4n) is 3.76. The Bertz CT molecular complexity index is 1130. The molecule has 2 heterocycles. The summed E-state index contributed by atoms with van der Waals surface area (Å²) < 4.78 is 16.5. The number of aliphatic hydroxyl groups is 1. The van der Waals surface area contributed by atoms with Crippen LogP contribution in [-0.4, -0.2) is 42.1 Å². The summed E-state index contributed by atoms with van der Waals surface area (Å²) in [4.78, 5) is 18.0. The number of aromatic nitrogens is 1. The summed E-state index contributed by atoms with van der Waals surface area (Å²) in [5, 5.41) is 14.5.